The van der Waals surface area contributed by atoms with Gasteiger partial charge in [-0.25, -0.2) is 0 Å². The van der Waals surface area contributed by atoms with Crippen LogP contribution in [0.5, 0.6) is 0 Å². The molecule has 0 fully saturated rings. The first kappa shape index (κ1) is 61.1. The lowest BCUT2D eigenvalue weighted by Crippen LogP contribution is -2.61. The van der Waals surface area contributed by atoms with Crippen molar-refractivity contribution in [3.8, 4) is 72.4 Å². The molecule has 18 aromatic rings. The van der Waals surface area contributed by atoms with Crippen molar-refractivity contribution in [2.24, 2.45) is 0 Å². The number of benzene rings is 13. The first-order chi connectivity index (χ1) is 50.8. The second-order valence-corrected chi connectivity index (χ2v) is 30.1. The first-order valence-corrected chi connectivity index (χ1v) is 36.0. The van der Waals surface area contributed by atoms with Gasteiger partial charge >= 0.3 is 0 Å². The van der Waals surface area contributed by atoms with Crippen LogP contribution in [0.2, 0.25) is 0 Å². The van der Waals surface area contributed by atoms with Gasteiger partial charge in [-0.1, -0.05) is 248 Å². The largest absolute Gasteiger partial charge is 0.456 e. The third-order valence-electron chi connectivity index (χ3n) is 21.8. The number of furan rings is 2. The average molecular weight is 1340 g/mol. The maximum atomic E-state index is 6.68. The zero-order valence-electron chi connectivity index (χ0n) is 58.7. The molecule has 2 aliphatic heterocycles. The summed E-state index contributed by atoms with van der Waals surface area (Å²) in [6, 6.07) is 108. The Bertz CT molecular complexity index is 6010. The maximum absolute atomic E-state index is 6.68. The molecule has 0 radical (unpaired) electrons. The number of rotatable bonds is 9. The third-order valence-corrected chi connectivity index (χ3v) is 21.8. The average Bonchev–Trinajstić information content (AvgIpc) is 0.722. The van der Waals surface area contributed by atoms with Gasteiger partial charge in [-0.15, -0.1) is 0 Å². The van der Waals surface area contributed by atoms with Gasteiger partial charge in [0.05, 0.1) is 28.1 Å². The minimum atomic E-state index is -0.352. The lowest BCUT2D eigenvalue weighted by Gasteiger charge is -2.46. The monoisotopic (exact) mass is 1340 g/mol. The number of anilines is 6. The fraction of sp³-hybridized carbons (Fsp3) is 0.0833. The molecule has 494 valence electrons. The van der Waals surface area contributed by atoms with Crippen LogP contribution in [0.1, 0.15) is 52.7 Å². The van der Waals surface area contributed by atoms with Crippen molar-refractivity contribution in [1.82, 2.24) is 14.5 Å². The Morgan fingerprint density at radius 3 is 0.990 bits per heavy atom. The fourth-order valence-corrected chi connectivity index (χ4v) is 16.7. The molecule has 0 spiro atoms. The molecular formula is C96H70BN5O2. The molecule has 104 heavy (non-hydrogen) atoms. The number of pyridine rings is 2. The van der Waals surface area contributed by atoms with Crippen LogP contribution in [-0.4, -0.2) is 21.2 Å². The summed E-state index contributed by atoms with van der Waals surface area (Å²) in [5, 5.41) is 6.77. The highest BCUT2D eigenvalue weighted by Crippen LogP contribution is 2.54. The van der Waals surface area contributed by atoms with Gasteiger partial charge in [-0.2, -0.15) is 0 Å². The molecule has 0 atom stereocenters. The molecule has 0 N–H and O–H groups in total. The molecule has 5 aromatic heterocycles. The van der Waals surface area contributed by atoms with Crippen LogP contribution >= 0.6 is 0 Å². The summed E-state index contributed by atoms with van der Waals surface area (Å²) in [7, 11) is 0. The number of hydrogen-bond acceptors (Lipinski definition) is 6. The van der Waals surface area contributed by atoms with Gasteiger partial charge in [0, 0.05) is 102 Å². The molecule has 0 bridgehead atoms. The van der Waals surface area contributed by atoms with Gasteiger partial charge in [-0.05, 0) is 168 Å². The number of hydrogen-bond donors (Lipinski definition) is 0. The van der Waals surface area contributed by atoms with Crippen LogP contribution in [0.3, 0.4) is 0 Å². The minimum absolute atomic E-state index is 0.0550. The Hall–Kier alpha value is -12.8. The van der Waals surface area contributed by atoms with E-state index in [1.165, 1.54) is 21.9 Å². The third kappa shape index (κ3) is 9.73. The van der Waals surface area contributed by atoms with E-state index in [0.717, 1.165) is 178 Å². The summed E-state index contributed by atoms with van der Waals surface area (Å²) in [6.07, 6.45) is 8.29. The van der Waals surface area contributed by atoms with Gasteiger partial charge in [0.2, 0.25) is 0 Å². The molecule has 0 saturated carbocycles. The van der Waals surface area contributed by atoms with E-state index in [1.54, 1.807) is 0 Å². The van der Waals surface area contributed by atoms with E-state index in [4.69, 9.17) is 18.8 Å². The SMILES string of the molecule is CC(C)(C)c1ccc2oc3ccc(-c4ccc5c(c4)B4c6cc(-c7ccc8oc9ccc(C(C)(C)C)cc9c8c7)ccc6N(c6c(-c7ccccc7)cncc6-c6ccccc6)c6cc(-n7c8ccccc8c8ccccc87)cc(c64)N5c4c(-c5ccccc5)cncc4-c4ccccc4)cc3c2c1. The number of aromatic nitrogens is 3. The van der Waals surface area contributed by atoms with Crippen molar-refractivity contribution in [3.63, 3.8) is 0 Å². The van der Waals surface area contributed by atoms with Gasteiger partial charge in [0.15, 0.2) is 0 Å². The molecular weight excluding hydrogens is 1270 g/mol. The van der Waals surface area contributed by atoms with Crippen LogP contribution in [0.25, 0.3) is 138 Å². The van der Waals surface area contributed by atoms with E-state index in [0.29, 0.717) is 0 Å². The van der Waals surface area contributed by atoms with E-state index in [9.17, 15) is 0 Å². The van der Waals surface area contributed by atoms with Crippen LogP contribution in [-0.2, 0) is 10.8 Å². The van der Waals surface area contributed by atoms with E-state index < -0.39 is 0 Å². The van der Waals surface area contributed by atoms with Crippen molar-refractivity contribution in [3.05, 3.63) is 327 Å². The zero-order chi connectivity index (χ0) is 69.7. The second-order valence-electron chi connectivity index (χ2n) is 30.1. The topological polar surface area (TPSA) is 63.5 Å². The minimum Gasteiger partial charge on any atom is -0.456 e. The summed E-state index contributed by atoms with van der Waals surface area (Å²) in [4.78, 5) is 15.6. The molecule has 20 rings (SSSR count). The standard InChI is InChI=1S/C96H70BN5O2/c1-95(2,3)67-39-45-90-74(51-67)72-47-63(37-43-88(72)103-90)65-35-41-84-80(49-65)97-81-50-66(64-38-44-89-73(48-64)75-52-68(96(4,5)6)40-46-91(75)104-89)36-42-85(81)102(94-78(61-27-15-9-16-28-61)57-99-58-79(94)62-29-17-10-18-30-62)87-54-69(100-82-33-21-19-31-70(82)71-32-20-22-34-83(71)100)53-86(92(87)97)101(84)93-76(59-23-11-7-12-24-59)55-98-56-77(93)60-25-13-8-14-26-60/h7-58H,1-6H3. The number of para-hydroxylation sites is 2. The Morgan fingerprint density at radius 1 is 0.288 bits per heavy atom. The summed E-state index contributed by atoms with van der Waals surface area (Å²) < 4.78 is 15.8. The van der Waals surface area contributed by atoms with Gasteiger partial charge in [0.25, 0.3) is 6.71 Å². The van der Waals surface area contributed by atoms with Gasteiger partial charge in [-0.3, -0.25) is 9.97 Å². The van der Waals surface area contributed by atoms with Crippen LogP contribution in [0.15, 0.2) is 325 Å². The molecule has 0 amide bonds. The van der Waals surface area contributed by atoms with Crippen molar-refractivity contribution in [2.75, 3.05) is 9.80 Å². The number of fused-ring (bicyclic) bond motifs is 13. The summed E-state index contributed by atoms with van der Waals surface area (Å²) >= 11 is 0. The molecule has 8 heteroatoms. The van der Waals surface area contributed by atoms with Crippen LogP contribution in [0.4, 0.5) is 34.1 Å². The molecule has 7 nitrogen and oxygen atoms in total. The fourth-order valence-electron chi connectivity index (χ4n) is 16.7. The predicted octanol–water partition coefficient (Wildman–Crippen LogP) is 24.1. The van der Waals surface area contributed by atoms with E-state index in [-0.39, 0.29) is 17.5 Å². The van der Waals surface area contributed by atoms with Crippen molar-refractivity contribution < 1.29 is 8.83 Å². The predicted molar refractivity (Wildman–Crippen MR) is 435 cm³/mol. The van der Waals surface area contributed by atoms with E-state index in [2.05, 4.69) is 372 Å². The first-order valence-electron chi connectivity index (χ1n) is 36.0. The Kier molecular flexibility index (Phi) is 13.7. The number of nitrogens with zero attached hydrogens (tertiary/aromatic N) is 5. The van der Waals surface area contributed by atoms with Crippen molar-refractivity contribution in [2.45, 2.75) is 52.4 Å². The smallest absolute Gasteiger partial charge is 0.252 e. The van der Waals surface area contributed by atoms with Crippen LogP contribution in [0, 0.1) is 0 Å². The molecule has 13 aromatic carbocycles. The Morgan fingerprint density at radius 2 is 0.615 bits per heavy atom. The Labute approximate surface area is 604 Å². The summed E-state index contributed by atoms with van der Waals surface area (Å²) in [5.74, 6) is 0. The maximum Gasteiger partial charge on any atom is 0.252 e. The molecule has 0 unspecified atom stereocenters. The normalized spacial score (nSPS) is 12.8. The molecule has 0 aliphatic carbocycles. The zero-order valence-corrected chi connectivity index (χ0v) is 58.7. The highest BCUT2D eigenvalue weighted by molar-refractivity contribution is 7.00. The highest BCUT2D eigenvalue weighted by atomic mass is 16.3. The van der Waals surface area contributed by atoms with Crippen LogP contribution < -0.4 is 26.2 Å². The lowest BCUT2D eigenvalue weighted by atomic mass is 9.33. The molecule has 2 aliphatic rings. The molecule has 7 heterocycles. The van der Waals surface area contributed by atoms with Crippen molar-refractivity contribution in [1.29, 1.82) is 0 Å². The highest BCUT2D eigenvalue weighted by Gasteiger charge is 2.46. The second kappa shape index (κ2) is 23.4. The lowest BCUT2D eigenvalue weighted by molar-refractivity contribution is 0.590. The molecule has 0 saturated heterocycles. The van der Waals surface area contributed by atoms with E-state index in [1.807, 2.05) is 0 Å². The van der Waals surface area contributed by atoms with Gasteiger partial charge < -0.3 is 23.2 Å². The van der Waals surface area contributed by atoms with E-state index >= 15 is 0 Å². The van der Waals surface area contributed by atoms with Gasteiger partial charge in [0.1, 0.15) is 22.3 Å². The summed E-state index contributed by atoms with van der Waals surface area (Å²) in [6.45, 7) is 13.3. The summed E-state index contributed by atoms with van der Waals surface area (Å²) in [5.41, 5.74) is 31.5. The van der Waals surface area contributed by atoms with Crippen molar-refractivity contribution >= 4 is 123 Å². The Balaban J connectivity index is 0.949. The quantitative estimate of drug-likeness (QED) is 0.134.